The highest BCUT2D eigenvalue weighted by molar-refractivity contribution is 7.10. The number of ether oxygens (including phenoxy) is 2. The molecule has 6 heteroatoms. The van der Waals surface area contributed by atoms with Crippen molar-refractivity contribution in [3.63, 3.8) is 0 Å². The van der Waals surface area contributed by atoms with Crippen molar-refractivity contribution in [2.75, 3.05) is 21.3 Å². The van der Waals surface area contributed by atoms with Gasteiger partial charge >= 0.3 is 0 Å². The van der Waals surface area contributed by atoms with Crippen molar-refractivity contribution in [3.8, 4) is 11.6 Å². The van der Waals surface area contributed by atoms with Crippen LogP contribution < -0.4 is 14.8 Å². The molecule has 0 fully saturated rings. The van der Waals surface area contributed by atoms with Crippen molar-refractivity contribution in [2.24, 2.45) is 0 Å². The number of hydrogen-bond acceptors (Lipinski definition) is 6. The van der Waals surface area contributed by atoms with Crippen LogP contribution in [0.1, 0.15) is 16.6 Å². The molecule has 1 unspecified atom stereocenters. The van der Waals surface area contributed by atoms with Gasteiger partial charge in [0.25, 0.3) is 0 Å². The van der Waals surface area contributed by atoms with Gasteiger partial charge in [-0.1, -0.05) is 0 Å². The molecule has 0 saturated carbocycles. The summed E-state index contributed by atoms with van der Waals surface area (Å²) in [6.45, 7) is 0. The Morgan fingerprint density at radius 1 is 1.26 bits per heavy atom. The predicted molar refractivity (Wildman–Crippen MR) is 75.0 cm³/mol. The van der Waals surface area contributed by atoms with Crippen LogP contribution in [-0.4, -0.2) is 31.2 Å². The number of thiophene rings is 1. The lowest BCUT2D eigenvalue weighted by Gasteiger charge is -2.14. The number of likely N-dealkylation sites (N-methyl/N-ethyl adjacent to an activating group) is 1. The molecule has 0 radical (unpaired) electrons. The average Bonchev–Trinajstić information content (AvgIpc) is 2.93. The van der Waals surface area contributed by atoms with Gasteiger partial charge in [-0.15, -0.1) is 11.3 Å². The number of methoxy groups -OCH3 is 2. The molecule has 0 saturated heterocycles. The lowest BCUT2D eigenvalue weighted by atomic mass is 10.1. The fraction of sp³-hybridized carbons (Fsp3) is 0.385. The van der Waals surface area contributed by atoms with Gasteiger partial charge in [0.2, 0.25) is 5.88 Å². The summed E-state index contributed by atoms with van der Waals surface area (Å²) in [4.78, 5) is 9.50. The second-order valence-corrected chi connectivity index (χ2v) is 4.93. The highest BCUT2D eigenvalue weighted by Gasteiger charge is 2.14. The summed E-state index contributed by atoms with van der Waals surface area (Å²) < 4.78 is 10.3. The quantitative estimate of drug-likeness (QED) is 0.877. The predicted octanol–water partition coefficient (Wildman–Crippen LogP) is 2.06. The normalized spacial score (nSPS) is 12.2. The molecule has 2 heterocycles. The zero-order valence-corrected chi connectivity index (χ0v) is 12.0. The molecule has 2 aromatic heterocycles. The molecule has 0 spiro atoms. The van der Waals surface area contributed by atoms with E-state index < -0.39 is 0 Å². The van der Waals surface area contributed by atoms with E-state index in [1.165, 1.54) is 11.2 Å². The van der Waals surface area contributed by atoms with Crippen molar-refractivity contribution < 1.29 is 9.47 Å². The molecule has 0 bridgehead atoms. The van der Waals surface area contributed by atoms with Crippen molar-refractivity contribution in [1.82, 2.24) is 15.3 Å². The number of nitrogens with zero attached hydrogens (tertiary/aromatic N) is 2. The Morgan fingerprint density at radius 2 is 2.11 bits per heavy atom. The first-order chi connectivity index (χ1) is 9.26. The maximum absolute atomic E-state index is 5.21. The third-order valence-electron chi connectivity index (χ3n) is 2.84. The van der Waals surface area contributed by atoms with Crippen LogP contribution in [0.3, 0.4) is 0 Å². The van der Waals surface area contributed by atoms with Gasteiger partial charge in [-0.25, -0.2) is 9.97 Å². The average molecular weight is 279 g/mol. The Kier molecular flexibility index (Phi) is 4.70. The van der Waals surface area contributed by atoms with Crippen LogP contribution in [0.2, 0.25) is 0 Å². The lowest BCUT2D eigenvalue weighted by Crippen LogP contribution is -2.18. The van der Waals surface area contributed by atoms with Crippen LogP contribution in [0.5, 0.6) is 11.6 Å². The Morgan fingerprint density at radius 3 is 2.74 bits per heavy atom. The molecular weight excluding hydrogens is 262 g/mol. The molecule has 0 aliphatic heterocycles. The minimum absolute atomic E-state index is 0.202. The standard InChI is InChI=1S/C13H17N3O2S/c1-14-11(12-6-10(17-2)7-19-12)4-9-5-13(18-3)16-8-15-9/h5-8,11,14H,4H2,1-3H3. The first-order valence-electron chi connectivity index (χ1n) is 5.91. The summed E-state index contributed by atoms with van der Waals surface area (Å²) in [5, 5.41) is 5.30. The first kappa shape index (κ1) is 13.8. The molecule has 2 aromatic rings. The Hall–Kier alpha value is -1.66. The topological polar surface area (TPSA) is 56.3 Å². The van der Waals surface area contributed by atoms with E-state index in [4.69, 9.17) is 9.47 Å². The summed E-state index contributed by atoms with van der Waals surface area (Å²) >= 11 is 1.67. The first-order valence-corrected chi connectivity index (χ1v) is 6.79. The highest BCUT2D eigenvalue weighted by Crippen LogP contribution is 2.28. The van der Waals surface area contributed by atoms with Crippen LogP contribution in [0.4, 0.5) is 0 Å². The SMILES string of the molecule is CNC(Cc1cc(OC)ncn1)c1cc(OC)cs1. The summed E-state index contributed by atoms with van der Waals surface area (Å²) in [6.07, 6.45) is 2.30. The smallest absolute Gasteiger partial charge is 0.216 e. The Labute approximate surface area is 116 Å². The summed E-state index contributed by atoms with van der Waals surface area (Å²) in [7, 11) is 5.22. The molecule has 5 nitrogen and oxygen atoms in total. The van der Waals surface area contributed by atoms with E-state index in [2.05, 4.69) is 15.3 Å². The molecule has 0 aromatic carbocycles. The van der Waals surface area contributed by atoms with E-state index in [1.807, 2.05) is 24.6 Å². The van der Waals surface area contributed by atoms with Crippen molar-refractivity contribution >= 4 is 11.3 Å². The molecule has 0 aliphatic carbocycles. The fourth-order valence-electron chi connectivity index (χ4n) is 1.78. The molecular formula is C13H17N3O2S. The van der Waals surface area contributed by atoms with Crippen LogP contribution >= 0.6 is 11.3 Å². The monoisotopic (exact) mass is 279 g/mol. The van der Waals surface area contributed by atoms with Gasteiger partial charge in [0.15, 0.2) is 0 Å². The third kappa shape index (κ3) is 3.42. The van der Waals surface area contributed by atoms with E-state index in [0.717, 1.165) is 17.9 Å². The third-order valence-corrected chi connectivity index (χ3v) is 3.87. The van der Waals surface area contributed by atoms with Crippen LogP contribution in [0.15, 0.2) is 23.8 Å². The van der Waals surface area contributed by atoms with Gasteiger partial charge in [-0.05, 0) is 13.1 Å². The highest BCUT2D eigenvalue weighted by atomic mass is 32.1. The maximum atomic E-state index is 5.21. The largest absolute Gasteiger partial charge is 0.496 e. The Bertz CT molecular complexity index is 530. The molecule has 2 rings (SSSR count). The van der Waals surface area contributed by atoms with E-state index in [0.29, 0.717) is 5.88 Å². The van der Waals surface area contributed by atoms with Crippen molar-refractivity contribution in [2.45, 2.75) is 12.5 Å². The van der Waals surface area contributed by atoms with Crippen molar-refractivity contribution in [3.05, 3.63) is 34.4 Å². The molecule has 0 amide bonds. The van der Waals surface area contributed by atoms with Gasteiger partial charge in [-0.2, -0.15) is 0 Å². The zero-order valence-electron chi connectivity index (χ0n) is 11.2. The number of hydrogen-bond donors (Lipinski definition) is 1. The van der Waals surface area contributed by atoms with Crippen LogP contribution in [0.25, 0.3) is 0 Å². The summed E-state index contributed by atoms with van der Waals surface area (Å²) in [5.41, 5.74) is 0.943. The Balaban J connectivity index is 2.13. The van der Waals surface area contributed by atoms with Gasteiger partial charge in [0.05, 0.1) is 14.2 Å². The zero-order chi connectivity index (χ0) is 13.7. The number of nitrogens with one attached hydrogen (secondary N) is 1. The van der Waals surface area contributed by atoms with E-state index in [-0.39, 0.29) is 6.04 Å². The minimum Gasteiger partial charge on any atom is -0.496 e. The molecule has 1 N–H and O–H groups in total. The van der Waals surface area contributed by atoms with Gasteiger partial charge in [-0.3, -0.25) is 0 Å². The van der Waals surface area contributed by atoms with Gasteiger partial charge in [0.1, 0.15) is 12.1 Å². The second kappa shape index (κ2) is 6.49. The maximum Gasteiger partial charge on any atom is 0.216 e. The van der Waals surface area contributed by atoms with E-state index >= 15 is 0 Å². The summed E-state index contributed by atoms with van der Waals surface area (Å²) in [6, 6.07) is 4.10. The second-order valence-electron chi connectivity index (χ2n) is 3.99. The lowest BCUT2D eigenvalue weighted by molar-refractivity contribution is 0.395. The summed E-state index contributed by atoms with van der Waals surface area (Å²) in [5.74, 6) is 1.48. The van der Waals surface area contributed by atoms with Gasteiger partial charge in [0, 0.05) is 34.5 Å². The molecule has 19 heavy (non-hydrogen) atoms. The van der Waals surface area contributed by atoms with E-state index in [9.17, 15) is 0 Å². The number of aromatic nitrogens is 2. The molecule has 0 aliphatic rings. The van der Waals surface area contributed by atoms with Crippen LogP contribution in [-0.2, 0) is 6.42 Å². The van der Waals surface area contributed by atoms with Crippen LogP contribution in [0, 0.1) is 0 Å². The van der Waals surface area contributed by atoms with Gasteiger partial charge < -0.3 is 14.8 Å². The molecule has 102 valence electrons. The van der Waals surface area contributed by atoms with Crippen molar-refractivity contribution in [1.29, 1.82) is 0 Å². The minimum atomic E-state index is 0.202. The van der Waals surface area contributed by atoms with E-state index in [1.54, 1.807) is 25.6 Å². The molecule has 1 atom stereocenters. The number of rotatable bonds is 6. The fourth-order valence-corrected chi connectivity index (χ4v) is 2.74.